The minimum Gasteiger partial charge on any atom is -0.457 e. The molecule has 0 aliphatic heterocycles. The first-order valence-corrected chi connectivity index (χ1v) is 4.42. The molecule has 10 nitrogen and oxygen atoms in total. The Hall–Kier alpha value is -2.52. The van der Waals surface area contributed by atoms with Gasteiger partial charge in [0.25, 0.3) is 0 Å². The fourth-order valence-corrected chi connectivity index (χ4v) is 1.18. The third-order valence-electron chi connectivity index (χ3n) is 1.85. The maximum absolute atomic E-state index is 11.3. The molecule has 1 heterocycles. The Morgan fingerprint density at radius 3 is 2.35 bits per heavy atom. The molecule has 0 aromatic carbocycles. The van der Waals surface area contributed by atoms with E-state index in [1.54, 1.807) is 0 Å². The number of carbonyl (C=O) groups excluding carboxylic acids is 1. The van der Waals surface area contributed by atoms with Gasteiger partial charge in [-0.3, -0.25) is 0 Å². The smallest absolute Gasteiger partial charge is 0.457 e. The molecule has 1 aromatic heterocycles. The fourth-order valence-electron chi connectivity index (χ4n) is 1.18. The van der Waals surface area contributed by atoms with Gasteiger partial charge in [-0.15, -0.1) is 0 Å². The highest BCUT2D eigenvalue weighted by Gasteiger charge is 2.39. The highest BCUT2D eigenvalue weighted by Crippen LogP contribution is 2.26. The molecule has 0 aliphatic rings. The Bertz CT molecular complexity index is 493. The molecule has 10 heteroatoms. The van der Waals surface area contributed by atoms with Crippen LogP contribution in [0.15, 0.2) is 0 Å². The standard InChI is InChI=1S/C7H8N4O6/c1-3-17-7(12)5-8-4(10(13)14)6(9(5)2)11(15)16/h3H2,1-2H3. The van der Waals surface area contributed by atoms with E-state index in [-0.39, 0.29) is 6.61 Å². The quantitative estimate of drug-likeness (QED) is 0.425. The first kappa shape index (κ1) is 12.5. The van der Waals surface area contributed by atoms with E-state index >= 15 is 0 Å². The van der Waals surface area contributed by atoms with Crippen LogP contribution in [0.1, 0.15) is 17.5 Å². The summed E-state index contributed by atoms with van der Waals surface area (Å²) in [6, 6.07) is 0. The van der Waals surface area contributed by atoms with Crippen LogP contribution in [0.4, 0.5) is 11.6 Å². The Balaban J connectivity index is 3.36. The highest BCUT2D eigenvalue weighted by atomic mass is 16.6. The number of ether oxygens (including phenoxy) is 1. The summed E-state index contributed by atoms with van der Waals surface area (Å²) < 4.78 is 5.29. The lowest BCUT2D eigenvalue weighted by atomic mass is 10.6. The van der Waals surface area contributed by atoms with E-state index < -0.39 is 33.3 Å². The summed E-state index contributed by atoms with van der Waals surface area (Å²) in [6.45, 7) is 1.57. The van der Waals surface area contributed by atoms with Crippen LogP contribution >= 0.6 is 0 Å². The van der Waals surface area contributed by atoms with Crippen LogP contribution in [-0.4, -0.2) is 32.0 Å². The van der Waals surface area contributed by atoms with Crippen LogP contribution in [-0.2, 0) is 11.8 Å². The SMILES string of the molecule is CCOC(=O)c1nc([N+](=O)[O-])c([N+](=O)[O-])n1C. The lowest BCUT2D eigenvalue weighted by molar-refractivity contribution is -0.428. The Morgan fingerprint density at radius 2 is 2.00 bits per heavy atom. The van der Waals surface area contributed by atoms with E-state index in [2.05, 4.69) is 9.72 Å². The van der Waals surface area contributed by atoms with Crippen molar-refractivity contribution in [3.8, 4) is 0 Å². The summed E-state index contributed by atoms with van der Waals surface area (Å²) in [4.78, 5) is 33.8. The number of carbonyl (C=O) groups is 1. The van der Waals surface area contributed by atoms with Gasteiger partial charge >= 0.3 is 23.4 Å². The second-order valence-corrected chi connectivity index (χ2v) is 2.88. The molecule has 0 fully saturated rings. The van der Waals surface area contributed by atoms with Crippen LogP contribution in [0, 0.1) is 20.2 Å². The largest absolute Gasteiger partial charge is 0.463 e. The number of nitro groups is 2. The minimum absolute atomic E-state index is 0.0350. The molecule has 1 rings (SSSR count). The summed E-state index contributed by atoms with van der Waals surface area (Å²) in [5.74, 6) is -3.28. The first-order chi connectivity index (χ1) is 7.90. The van der Waals surface area contributed by atoms with Crippen molar-refractivity contribution in [3.05, 3.63) is 26.1 Å². The molecule has 0 aliphatic carbocycles. The number of imidazole rings is 1. The van der Waals surface area contributed by atoms with Crippen molar-refractivity contribution >= 4 is 17.6 Å². The molecule has 0 spiro atoms. The first-order valence-electron chi connectivity index (χ1n) is 4.42. The topological polar surface area (TPSA) is 130 Å². The molecule has 0 saturated heterocycles. The minimum atomic E-state index is -1.03. The maximum Gasteiger partial charge on any atom is 0.463 e. The molecule has 0 atom stereocenters. The van der Waals surface area contributed by atoms with E-state index in [0.29, 0.717) is 0 Å². The molecule has 0 radical (unpaired) electrons. The van der Waals surface area contributed by atoms with Crippen molar-refractivity contribution in [2.75, 3.05) is 6.61 Å². The van der Waals surface area contributed by atoms with Crippen LogP contribution in [0.3, 0.4) is 0 Å². The van der Waals surface area contributed by atoms with Crippen molar-refractivity contribution < 1.29 is 19.4 Å². The molecule has 0 bridgehead atoms. The van der Waals surface area contributed by atoms with Crippen LogP contribution < -0.4 is 0 Å². The third-order valence-corrected chi connectivity index (χ3v) is 1.85. The summed E-state index contributed by atoms with van der Waals surface area (Å²) in [5.41, 5.74) is 0. The predicted octanol–water partition coefficient (Wildman–Crippen LogP) is 0.413. The Labute approximate surface area is 94.1 Å². The lowest BCUT2D eigenvalue weighted by Gasteiger charge is -1.95. The maximum atomic E-state index is 11.3. The van der Waals surface area contributed by atoms with Crippen molar-refractivity contribution in [1.82, 2.24) is 9.55 Å². The number of hydrogen-bond acceptors (Lipinski definition) is 7. The molecule has 0 N–H and O–H groups in total. The molecule has 0 saturated carbocycles. The van der Waals surface area contributed by atoms with Gasteiger partial charge in [0.05, 0.1) is 13.7 Å². The number of hydrogen-bond donors (Lipinski definition) is 0. The molecular weight excluding hydrogens is 236 g/mol. The van der Waals surface area contributed by atoms with Gasteiger partial charge < -0.3 is 25.0 Å². The van der Waals surface area contributed by atoms with Gasteiger partial charge in [-0.05, 0) is 16.8 Å². The molecule has 1 aromatic rings. The van der Waals surface area contributed by atoms with E-state index in [4.69, 9.17) is 0 Å². The highest BCUT2D eigenvalue weighted by molar-refractivity contribution is 5.87. The second-order valence-electron chi connectivity index (χ2n) is 2.88. The fraction of sp³-hybridized carbons (Fsp3) is 0.429. The number of nitrogens with zero attached hydrogens (tertiary/aromatic N) is 4. The summed E-state index contributed by atoms with van der Waals surface area (Å²) >= 11 is 0. The van der Waals surface area contributed by atoms with Gasteiger partial charge in [-0.2, -0.15) is 4.57 Å². The van der Waals surface area contributed by atoms with Gasteiger partial charge in [-0.25, -0.2) is 4.79 Å². The van der Waals surface area contributed by atoms with Gasteiger partial charge in [0, 0.05) is 4.98 Å². The number of aromatic nitrogens is 2. The van der Waals surface area contributed by atoms with Crippen molar-refractivity contribution in [3.63, 3.8) is 0 Å². The Kier molecular flexibility index (Phi) is 3.36. The molecule has 0 unspecified atom stereocenters. The van der Waals surface area contributed by atoms with Crippen LogP contribution in [0.2, 0.25) is 0 Å². The second kappa shape index (κ2) is 4.55. The molecule has 92 valence electrons. The van der Waals surface area contributed by atoms with Crippen molar-refractivity contribution in [1.29, 1.82) is 0 Å². The normalized spacial score (nSPS) is 10.0. The van der Waals surface area contributed by atoms with E-state index in [1.807, 2.05) is 0 Å². The number of rotatable bonds is 4. The summed E-state index contributed by atoms with van der Waals surface area (Å²) in [6.07, 6.45) is 0. The molecular formula is C7H8N4O6. The molecule has 17 heavy (non-hydrogen) atoms. The van der Waals surface area contributed by atoms with Crippen LogP contribution in [0.5, 0.6) is 0 Å². The molecule has 0 amide bonds. The third kappa shape index (κ3) is 2.19. The van der Waals surface area contributed by atoms with Crippen molar-refractivity contribution in [2.24, 2.45) is 7.05 Å². The zero-order valence-electron chi connectivity index (χ0n) is 8.95. The van der Waals surface area contributed by atoms with Gasteiger partial charge in [0.2, 0.25) is 0 Å². The zero-order valence-corrected chi connectivity index (χ0v) is 8.95. The lowest BCUT2D eigenvalue weighted by Crippen LogP contribution is -2.12. The van der Waals surface area contributed by atoms with Crippen molar-refractivity contribution in [2.45, 2.75) is 6.92 Å². The van der Waals surface area contributed by atoms with E-state index in [1.165, 1.54) is 6.92 Å². The Morgan fingerprint density at radius 1 is 1.41 bits per heavy atom. The zero-order chi connectivity index (χ0) is 13.2. The van der Waals surface area contributed by atoms with E-state index in [0.717, 1.165) is 11.6 Å². The average molecular weight is 244 g/mol. The number of esters is 1. The monoisotopic (exact) mass is 244 g/mol. The predicted molar refractivity (Wildman–Crippen MR) is 52.5 cm³/mol. The van der Waals surface area contributed by atoms with Crippen LogP contribution in [0.25, 0.3) is 0 Å². The van der Waals surface area contributed by atoms with Gasteiger partial charge in [0.15, 0.2) is 0 Å². The van der Waals surface area contributed by atoms with Gasteiger partial charge in [0.1, 0.15) is 0 Å². The average Bonchev–Trinajstić information content (AvgIpc) is 2.56. The summed E-state index contributed by atoms with van der Waals surface area (Å²) in [5, 5.41) is 21.2. The van der Waals surface area contributed by atoms with Gasteiger partial charge in [-0.1, -0.05) is 0 Å². The summed E-state index contributed by atoms with van der Waals surface area (Å²) in [7, 11) is 1.13. The van der Waals surface area contributed by atoms with E-state index in [9.17, 15) is 25.0 Å².